The summed E-state index contributed by atoms with van der Waals surface area (Å²) in [6.45, 7) is 0. The first kappa shape index (κ1) is 11.1. The summed E-state index contributed by atoms with van der Waals surface area (Å²) in [5.74, 6) is -1.07. The molecule has 2 N–H and O–H groups in total. The van der Waals surface area contributed by atoms with Crippen LogP contribution in [0.3, 0.4) is 0 Å². The van der Waals surface area contributed by atoms with Crippen molar-refractivity contribution in [2.75, 3.05) is 0 Å². The molecule has 0 bridgehead atoms. The first-order valence-corrected chi connectivity index (χ1v) is 6.77. The molecule has 1 aliphatic rings. The Morgan fingerprint density at radius 3 is 3.06 bits per heavy atom. The third-order valence-electron chi connectivity index (χ3n) is 3.47. The van der Waals surface area contributed by atoms with E-state index in [0.717, 1.165) is 30.5 Å². The molecule has 0 aliphatic heterocycles. The quantitative estimate of drug-likeness (QED) is 0.783. The van der Waals surface area contributed by atoms with E-state index in [-0.39, 0.29) is 5.92 Å². The van der Waals surface area contributed by atoms with Gasteiger partial charge in [0.1, 0.15) is 0 Å². The molecule has 1 aliphatic carbocycles. The van der Waals surface area contributed by atoms with E-state index in [0.29, 0.717) is 0 Å². The summed E-state index contributed by atoms with van der Waals surface area (Å²) in [7, 11) is 0. The maximum absolute atomic E-state index is 11.2. The second-order valence-electron chi connectivity index (χ2n) is 4.49. The van der Waals surface area contributed by atoms with Gasteiger partial charge in [-0.2, -0.15) is 0 Å². The van der Waals surface area contributed by atoms with E-state index in [4.69, 9.17) is 0 Å². The Hall–Kier alpha value is -1.04. The van der Waals surface area contributed by atoms with Crippen LogP contribution in [0.4, 0.5) is 0 Å². The van der Waals surface area contributed by atoms with Crippen molar-refractivity contribution in [2.45, 2.75) is 25.2 Å². The minimum atomic E-state index is -0.716. The molecule has 1 atom stereocenters. The number of hydrogen-bond acceptors (Lipinski definition) is 1. The highest BCUT2D eigenvalue weighted by atomic mass is 127. The van der Waals surface area contributed by atoms with E-state index >= 15 is 0 Å². The van der Waals surface area contributed by atoms with Gasteiger partial charge in [-0.25, -0.2) is 0 Å². The predicted octanol–water partition coefficient (Wildman–Crippen LogP) is 3.28. The Balaban J connectivity index is 2.25. The van der Waals surface area contributed by atoms with Gasteiger partial charge < -0.3 is 10.1 Å². The zero-order valence-corrected chi connectivity index (χ0v) is 11.3. The number of fused-ring (bicyclic) bond motifs is 3. The number of nitrogens with one attached hydrogen (secondary N) is 1. The number of carboxylic acid groups (broad SMARTS) is 1. The van der Waals surface area contributed by atoms with Crippen molar-refractivity contribution in [3.63, 3.8) is 0 Å². The van der Waals surface area contributed by atoms with Gasteiger partial charge in [0.05, 0.1) is 5.92 Å². The van der Waals surface area contributed by atoms with Gasteiger partial charge in [0.15, 0.2) is 0 Å². The van der Waals surface area contributed by atoms with Gasteiger partial charge in [0.2, 0.25) is 0 Å². The van der Waals surface area contributed by atoms with Crippen LogP contribution in [0.5, 0.6) is 0 Å². The molecule has 1 aromatic heterocycles. The fourth-order valence-electron chi connectivity index (χ4n) is 2.68. The zero-order valence-electron chi connectivity index (χ0n) is 9.16. The molecule has 0 saturated carbocycles. The van der Waals surface area contributed by atoms with Crippen molar-refractivity contribution in [1.29, 1.82) is 0 Å². The van der Waals surface area contributed by atoms with E-state index in [1.165, 1.54) is 14.5 Å². The maximum Gasteiger partial charge on any atom is 0.312 e. The monoisotopic (exact) mass is 341 g/mol. The summed E-state index contributed by atoms with van der Waals surface area (Å²) in [6.07, 6.45) is 2.69. The lowest BCUT2D eigenvalue weighted by Gasteiger charge is -2.18. The molecular formula is C13H12INO2. The lowest BCUT2D eigenvalue weighted by atomic mass is 9.87. The number of aromatic nitrogens is 1. The SMILES string of the molecule is O=C(O)C1CCCc2c1[nH]c1ccc(I)cc21. The number of halogens is 1. The molecule has 4 heteroatoms. The summed E-state index contributed by atoms with van der Waals surface area (Å²) in [6, 6.07) is 6.21. The molecule has 17 heavy (non-hydrogen) atoms. The van der Waals surface area contributed by atoms with Crippen molar-refractivity contribution < 1.29 is 9.90 Å². The van der Waals surface area contributed by atoms with Crippen LogP contribution in [0, 0.1) is 3.57 Å². The van der Waals surface area contributed by atoms with Crippen molar-refractivity contribution in [2.24, 2.45) is 0 Å². The number of benzene rings is 1. The van der Waals surface area contributed by atoms with E-state index < -0.39 is 5.97 Å². The average molecular weight is 341 g/mol. The van der Waals surface area contributed by atoms with Crippen molar-refractivity contribution in [1.82, 2.24) is 4.98 Å². The molecule has 3 rings (SSSR count). The van der Waals surface area contributed by atoms with Crippen LogP contribution < -0.4 is 0 Å². The summed E-state index contributed by atoms with van der Waals surface area (Å²) in [4.78, 5) is 14.5. The lowest BCUT2D eigenvalue weighted by molar-refractivity contribution is -0.139. The van der Waals surface area contributed by atoms with Crippen molar-refractivity contribution >= 4 is 39.5 Å². The first-order chi connectivity index (χ1) is 8.16. The number of H-pyrrole nitrogens is 1. The third-order valence-corrected chi connectivity index (χ3v) is 4.14. The van der Waals surface area contributed by atoms with Crippen LogP contribution in [-0.2, 0) is 11.2 Å². The molecule has 1 unspecified atom stereocenters. The Morgan fingerprint density at radius 1 is 1.47 bits per heavy atom. The minimum absolute atomic E-state index is 0.358. The molecular weight excluding hydrogens is 329 g/mol. The fourth-order valence-corrected chi connectivity index (χ4v) is 3.17. The van der Waals surface area contributed by atoms with Gasteiger partial charge in [-0.3, -0.25) is 4.79 Å². The second-order valence-corrected chi connectivity index (χ2v) is 5.74. The van der Waals surface area contributed by atoms with E-state index in [9.17, 15) is 9.90 Å². The average Bonchev–Trinajstić information content (AvgIpc) is 2.66. The predicted molar refractivity (Wildman–Crippen MR) is 74.3 cm³/mol. The maximum atomic E-state index is 11.2. The molecule has 2 aromatic rings. The summed E-state index contributed by atoms with van der Waals surface area (Å²) in [5, 5.41) is 10.4. The number of aliphatic carboxylic acids is 1. The number of hydrogen-bond donors (Lipinski definition) is 2. The lowest BCUT2D eigenvalue weighted by Crippen LogP contribution is -2.17. The molecule has 3 nitrogen and oxygen atoms in total. The largest absolute Gasteiger partial charge is 0.481 e. The van der Waals surface area contributed by atoms with E-state index in [1.807, 2.05) is 12.1 Å². The molecule has 1 aromatic carbocycles. The molecule has 88 valence electrons. The Kier molecular flexibility index (Phi) is 2.61. The van der Waals surface area contributed by atoms with Gasteiger partial charge in [-0.1, -0.05) is 0 Å². The highest BCUT2D eigenvalue weighted by Crippen LogP contribution is 2.36. The molecule has 0 amide bonds. The van der Waals surface area contributed by atoms with Gasteiger partial charge in [-0.15, -0.1) is 0 Å². The Labute approximate surface area is 112 Å². The van der Waals surface area contributed by atoms with E-state index in [2.05, 4.69) is 33.6 Å². The molecule has 0 radical (unpaired) electrons. The number of carboxylic acids is 1. The molecule has 0 saturated heterocycles. The van der Waals surface area contributed by atoms with Crippen LogP contribution >= 0.6 is 22.6 Å². The van der Waals surface area contributed by atoms with Crippen molar-refractivity contribution in [3.05, 3.63) is 33.0 Å². The number of rotatable bonds is 1. The van der Waals surface area contributed by atoms with Crippen LogP contribution in [0.25, 0.3) is 10.9 Å². The fraction of sp³-hybridized carbons (Fsp3) is 0.308. The van der Waals surface area contributed by atoms with Crippen LogP contribution in [-0.4, -0.2) is 16.1 Å². The smallest absolute Gasteiger partial charge is 0.312 e. The highest BCUT2D eigenvalue weighted by molar-refractivity contribution is 14.1. The summed E-state index contributed by atoms with van der Waals surface area (Å²) < 4.78 is 1.19. The topological polar surface area (TPSA) is 53.1 Å². The molecule has 1 heterocycles. The van der Waals surface area contributed by atoms with E-state index in [1.54, 1.807) is 0 Å². The number of carbonyl (C=O) groups is 1. The molecule has 0 fully saturated rings. The van der Waals surface area contributed by atoms with Crippen LogP contribution in [0.1, 0.15) is 30.0 Å². The summed E-state index contributed by atoms with van der Waals surface area (Å²) in [5.41, 5.74) is 3.18. The normalized spacial score (nSPS) is 19.2. The number of aryl methyl sites for hydroxylation is 1. The van der Waals surface area contributed by atoms with Crippen LogP contribution in [0.15, 0.2) is 18.2 Å². The van der Waals surface area contributed by atoms with Gasteiger partial charge in [0.25, 0.3) is 0 Å². The number of aromatic amines is 1. The van der Waals surface area contributed by atoms with Crippen LogP contribution in [0.2, 0.25) is 0 Å². The standard InChI is InChI=1S/C13H12INO2/c14-7-4-5-11-10(6-7)8-2-1-3-9(13(16)17)12(8)15-11/h4-6,9,15H,1-3H2,(H,16,17). The van der Waals surface area contributed by atoms with Gasteiger partial charge in [0, 0.05) is 20.2 Å². The molecule has 0 spiro atoms. The van der Waals surface area contributed by atoms with Gasteiger partial charge in [-0.05, 0) is 65.6 Å². The Morgan fingerprint density at radius 2 is 2.29 bits per heavy atom. The zero-order chi connectivity index (χ0) is 12.0. The highest BCUT2D eigenvalue weighted by Gasteiger charge is 2.29. The Bertz CT molecular complexity index is 603. The third kappa shape index (κ3) is 1.74. The second kappa shape index (κ2) is 4.01. The van der Waals surface area contributed by atoms with Gasteiger partial charge >= 0.3 is 5.97 Å². The summed E-state index contributed by atoms with van der Waals surface area (Å²) >= 11 is 2.29. The van der Waals surface area contributed by atoms with Crippen molar-refractivity contribution in [3.8, 4) is 0 Å². The minimum Gasteiger partial charge on any atom is -0.481 e. The first-order valence-electron chi connectivity index (χ1n) is 5.69.